The van der Waals surface area contributed by atoms with Crippen LogP contribution in [0.4, 0.5) is 0 Å². The third kappa shape index (κ3) is 2.57. The van der Waals surface area contributed by atoms with Crippen molar-refractivity contribution in [2.45, 2.75) is 0 Å². The van der Waals surface area contributed by atoms with Crippen LogP contribution in [0.1, 0.15) is 10.4 Å². The van der Waals surface area contributed by atoms with Crippen molar-refractivity contribution in [3.63, 3.8) is 0 Å². The highest BCUT2D eigenvalue weighted by molar-refractivity contribution is 14.1. The van der Waals surface area contributed by atoms with Crippen LogP contribution in [0.15, 0.2) is 16.6 Å². The number of carbonyl (C=O) groups is 1. The van der Waals surface area contributed by atoms with Gasteiger partial charge in [0, 0.05) is 3.57 Å². The molecule has 70 valence electrons. The van der Waals surface area contributed by atoms with E-state index in [4.69, 9.17) is 11.6 Å². The van der Waals surface area contributed by atoms with Gasteiger partial charge in [-0.25, -0.2) is 4.79 Å². The van der Waals surface area contributed by atoms with Gasteiger partial charge in [0.15, 0.2) is 0 Å². The summed E-state index contributed by atoms with van der Waals surface area (Å²) in [5, 5.41) is 0.507. The first-order valence-electron chi connectivity index (χ1n) is 3.29. The van der Waals surface area contributed by atoms with Gasteiger partial charge in [-0.15, -0.1) is 0 Å². The van der Waals surface area contributed by atoms with Gasteiger partial charge in [0.2, 0.25) is 0 Å². The quantitative estimate of drug-likeness (QED) is 0.427. The highest BCUT2D eigenvalue weighted by atomic mass is 127. The van der Waals surface area contributed by atoms with Crippen LogP contribution >= 0.6 is 50.1 Å². The molecule has 0 aromatic heterocycles. The predicted molar refractivity (Wildman–Crippen MR) is 63.2 cm³/mol. The van der Waals surface area contributed by atoms with E-state index in [0.29, 0.717) is 15.1 Å². The van der Waals surface area contributed by atoms with E-state index in [-0.39, 0.29) is 0 Å². The minimum atomic E-state index is -0.396. The number of ether oxygens (including phenoxy) is 1. The van der Waals surface area contributed by atoms with Gasteiger partial charge in [0.25, 0.3) is 0 Å². The molecule has 0 unspecified atom stereocenters. The van der Waals surface area contributed by atoms with Crippen LogP contribution < -0.4 is 0 Å². The first-order chi connectivity index (χ1) is 6.06. The van der Waals surface area contributed by atoms with E-state index in [1.165, 1.54) is 7.11 Å². The first kappa shape index (κ1) is 11.3. The maximum atomic E-state index is 11.2. The van der Waals surface area contributed by atoms with Crippen molar-refractivity contribution in [2.24, 2.45) is 0 Å². The molecule has 0 amide bonds. The van der Waals surface area contributed by atoms with E-state index in [1.807, 2.05) is 0 Å². The molecule has 0 fully saturated rings. The second kappa shape index (κ2) is 4.61. The summed E-state index contributed by atoms with van der Waals surface area (Å²) >= 11 is 11.2. The lowest BCUT2D eigenvalue weighted by atomic mass is 10.2. The van der Waals surface area contributed by atoms with Crippen molar-refractivity contribution in [2.75, 3.05) is 7.11 Å². The van der Waals surface area contributed by atoms with Crippen molar-refractivity contribution < 1.29 is 9.53 Å². The van der Waals surface area contributed by atoms with Crippen LogP contribution in [0.5, 0.6) is 0 Å². The first-order valence-corrected chi connectivity index (χ1v) is 5.54. The van der Waals surface area contributed by atoms with Crippen molar-refractivity contribution in [3.05, 3.63) is 30.8 Å². The van der Waals surface area contributed by atoms with E-state index in [0.717, 1.165) is 3.57 Å². The summed E-state index contributed by atoms with van der Waals surface area (Å²) in [6, 6.07) is 3.47. The third-order valence-corrected chi connectivity index (χ3v) is 3.40. The summed E-state index contributed by atoms with van der Waals surface area (Å²) in [5.41, 5.74) is 0.444. The largest absolute Gasteiger partial charge is 0.465 e. The fraction of sp³-hybridized carbons (Fsp3) is 0.125. The summed E-state index contributed by atoms with van der Waals surface area (Å²) < 4.78 is 6.06. The molecule has 0 N–H and O–H groups in total. The van der Waals surface area contributed by atoms with E-state index < -0.39 is 5.97 Å². The van der Waals surface area contributed by atoms with Gasteiger partial charge in [0.1, 0.15) is 0 Å². The van der Waals surface area contributed by atoms with Gasteiger partial charge >= 0.3 is 5.97 Å². The summed E-state index contributed by atoms with van der Waals surface area (Å²) in [6.45, 7) is 0. The molecule has 0 radical (unpaired) electrons. The average molecular weight is 375 g/mol. The van der Waals surface area contributed by atoms with Crippen molar-refractivity contribution in [3.8, 4) is 0 Å². The second-order valence-electron chi connectivity index (χ2n) is 2.24. The Balaban J connectivity index is 3.28. The van der Waals surface area contributed by atoms with E-state index in [9.17, 15) is 4.79 Å². The summed E-state index contributed by atoms with van der Waals surface area (Å²) in [6.07, 6.45) is 0. The molecule has 1 aromatic carbocycles. The number of rotatable bonds is 1. The molecule has 0 aliphatic heterocycles. The molecule has 13 heavy (non-hydrogen) atoms. The van der Waals surface area contributed by atoms with Crippen LogP contribution in [0.3, 0.4) is 0 Å². The zero-order chi connectivity index (χ0) is 10.0. The Bertz CT molecular complexity index is 354. The lowest BCUT2D eigenvalue weighted by Gasteiger charge is -2.04. The zero-order valence-corrected chi connectivity index (χ0v) is 11.1. The summed E-state index contributed by atoms with van der Waals surface area (Å²) in [4.78, 5) is 11.2. The van der Waals surface area contributed by atoms with Crippen LogP contribution in [-0.2, 0) is 4.74 Å². The van der Waals surface area contributed by atoms with Crippen LogP contribution in [-0.4, -0.2) is 13.1 Å². The fourth-order valence-electron chi connectivity index (χ4n) is 0.814. The molecule has 0 heterocycles. The minimum Gasteiger partial charge on any atom is -0.465 e. The number of hydrogen-bond acceptors (Lipinski definition) is 2. The number of carbonyl (C=O) groups excluding carboxylic acids is 1. The Morgan fingerprint density at radius 2 is 2.23 bits per heavy atom. The lowest BCUT2D eigenvalue weighted by molar-refractivity contribution is 0.0599. The Morgan fingerprint density at radius 3 is 2.77 bits per heavy atom. The number of esters is 1. The molecule has 0 spiro atoms. The maximum Gasteiger partial charge on any atom is 0.339 e. The van der Waals surface area contributed by atoms with Gasteiger partial charge in [-0.1, -0.05) is 11.6 Å². The summed E-state index contributed by atoms with van der Waals surface area (Å²) in [5.74, 6) is -0.396. The van der Waals surface area contributed by atoms with E-state index >= 15 is 0 Å². The molecular formula is C8H5BrClIO2. The minimum absolute atomic E-state index is 0.396. The molecule has 0 bridgehead atoms. The second-order valence-corrected chi connectivity index (χ2v) is 4.69. The zero-order valence-electron chi connectivity index (χ0n) is 6.61. The fourth-order valence-corrected chi connectivity index (χ4v) is 2.23. The molecule has 0 atom stereocenters. The molecule has 0 saturated heterocycles. The van der Waals surface area contributed by atoms with Crippen molar-refractivity contribution >= 4 is 56.1 Å². The molecule has 0 aliphatic carbocycles. The monoisotopic (exact) mass is 374 g/mol. The predicted octanol–water partition coefficient (Wildman–Crippen LogP) is 3.49. The molecule has 1 rings (SSSR count). The van der Waals surface area contributed by atoms with Gasteiger partial charge < -0.3 is 4.74 Å². The summed E-state index contributed by atoms with van der Waals surface area (Å²) in [7, 11) is 1.34. The molecule has 0 saturated carbocycles. The highest BCUT2D eigenvalue weighted by Crippen LogP contribution is 2.29. The van der Waals surface area contributed by atoms with E-state index in [2.05, 4.69) is 43.3 Å². The Labute approximate surface area is 103 Å². The van der Waals surface area contributed by atoms with Crippen molar-refractivity contribution in [1.29, 1.82) is 0 Å². The standard InChI is InChI=1S/C8H5BrClIO2/c1-13-8(12)5-2-4(11)3-6(10)7(5)9/h2-3H,1H3. The van der Waals surface area contributed by atoms with Gasteiger partial charge in [-0.05, 0) is 50.7 Å². The Kier molecular flexibility index (Phi) is 4.00. The molecular weight excluding hydrogens is 370 g/mol. The molecule has 0 aliphatic rings. The normalized spacial score (nSPS) is 9.85. The smallest absolute Gasteiger partial charge is 0.339 e. The maximum absolute atomic E-state index is 11.2. The number of methoxy groups -OCH3 is 1. The van der Waals surface area contributed by atoms with Crippen LogP contribution in [0.2, 0.25) is 5.02 Å². The number of halogens is 3. The van der Waals surface area contributed by atoms with Gasteiger partial charge in [-0.2, -0.15) is 0 Å². The molecule has 5 heteroatoms. The van der Waals surface area contributed by atoms with Crippen LogP contribution in [0, 0.1) is 3.57 Å². The lowest BCUT2D eigenvalue weighted by Crippen LogP contribution is -2.02. The van der Waals surface area contributed by atoms with Gasteiger partial charge in [0.05, 0.1) is 22.2 Å². The molecule has 1 aromatic rings. The Hall–Kier alpha value is 0.190. The van der Waals surface area contributed by atoms with Crippen LogP contribution in [0.25, 0.3) is 0 Å². The van der Waals surface area contributed by atoms with Gasteiger partial charge in [-0.3, -0.25) is 0 Å². The highest BCUT2D eigenvalue weighted by Gasteiger charge is 2.13. The average Bonchev–Trinajstić information content (AvgIpc) is 2.10. The van der Waals surface area contributed by atoms with Crippen molar-refractivity contribution in [1.82, 2.24) is 0 Å². The number of hydrogen-bond donors (Lipinski definition) is 0. The van der Waals surface area contributed by atoms with E-state index in [1.54, 1.807) is 12.1 Å². The topological polar surface area (TPSA) is 26.3 Å². The third-order valence-electron chi connectivity index (χ3n) is 1.40. The SMILES string of the molecule is COC(=O)c1cc(I)cc(Cl)c1Br. The Morgan fingerprint density at radius 1 is 1.62 bits per heavy atom. The number of benzene rings is 1. The molecule has 2 nitrogen and oxygen atoms in total.